The second kappa shape index (κ2) is 5.44. The summed E-state index contributed by atoms with van der Waals surface area (Å²) in [6.07, 6.45) is 6.65. The molecule has 2 heterocycles. The number of pyridine rings is 1. The van der Waals surface area contributed by atoms with Gasteiger partial charge in [0.05, 0.1) is 18.2 Å². The Morgan fingerprint density at radius 3 is 3.05 bits per heavy atom. The van der Waals surface area contributed by atoms with E-state index in [9.17, 15) is 4.79 Å². The molecule has 1 aromatic carbocycles. The maximum absolute atomic E-state index is 11.9. The highest BCUT2D eigenvalue weighted by molar-refractivity contribution is 6.01. The quantitative estimate of drug-likeness (QED) is 0.766. The van der Waals surface area contributed by atoms with Gasteiger partial charge in [-0.1, -0.05) is 12.1 Å². The number of amides is 2. The van der Waals surface area contributed by atoms with Gasteiger partial charge >= 0.3 is 6.03 Å². The molecule has 20 heavy (non-hydrogen) atoms. The first kappa shape index (κ1) is 12.2. The largest absolute Gasteiger partial charge is 0.472 e. The van der Waals surface area contributed by atoms with E-state index in [1.54, 1.807) is 24.9 Å². The lowest BCUT2D eigenvalue weighted by molar-refractivity contribution is 0.252. The first-order chi connectivity index (χ1) is 9.83. The predicted octanol–water partition coefficient (Wildman–Crippen LogP) is 3.15. The van der Waals surface area contributed by atoms with Crippen molar-refractivity contribution in [3.63, 3.8) is 0 Å². The van der Waals surface area contributed by atoms with Gasteiger partial charge < -0.3 is 15.1 Å². The highest BCUT2D eigenvalue weighted by atomic mass is 16.3. The van der Waals surface area contributed by atoms with Crippen LogP contribution in [-0.4, -0.2) is 11.0 Å². The van der Waals surface area contributed by atoms with E-state index in [0.717, 1.165) is 22.0 Å². The van der Waals surface area contributed by atoms with Gasteiger partial charge in [-0.25, -0.2) is 4.79 Å². The summed E-state index contributed by atoms with van der Waals surface area (Å²) in [5, 5.41) is 7.56. The first-order valence-corrected chi connectivity index (χ1v) is 6.21. The van der Waals surface area contributed by atoms with Crippen LogP contribution in [-0.2, 0) is 6.54 Å². The van der Waals surface area contributed by atoms with Crippen LogP contribution in [0.5, 0.6) is 0 Å². The van der Waals surface area contributed by atoms with Crippen LogP contribution in [0.1, 0.15) is 5.56 Å². The monoisotopic (exact) mass is 267 g/mol. The van der Waals surface area contributed by atoms with E-state index in [0.29, 0.717) is 6.54 Å². The molecule has 0 fully saturated rings. The fourth-order valence-corrected chi connectivity index (χ4v) is 1.97. The smallest absolute Gasteiger partial charge is 0.319 e. The molecule has 2 aromatic heterocycles. The Bertz CT molecular complexity index is 718. The molecule has 0 aliphatic heterocycles. The highest BCUT2D eigenvalue weighted by Crippen LogP contribution is 2.21. The fraction of sp³-hybridized carbons (Fsp3) is 0.0667. The number of rotatable bonds is 3. The Morgan fingerprint density at radius 2 is 2.20 bits per heavy atom. The number of nitrogens with zero attached hydrogens (tertiary/aromatic N) is 1. The molecule has 3 rings (SSSR count). The van der Waals surface area contributed by atoms with E-state index in [2.05, 4.69) is 15.6 Å². The van der Waals surface area contributed by atoms with Gasteiger partial charge in [-0.2, -0.15) is 0 Å². The van der Waals surface area contributed by atoms with Crippen LogP contribution in [0.2, 0.25) is 0 Å². The van der Waals surface area contributed by atoms with Gasteiger partial charge in [0.2, 0.25) is 0 Å². The molecule has 0 spiro atoms. The number of carbonyl (C=O) groups excluding carboxylic acids is 1. The number of urea groups is 1. The molecule has 0 radical (unpaired) electrons. The maximum Gasteiger partial charge on any atom is 0.319 e. The molecule has 0 saturated carbocycles. The topological polar surface area (TPSA) is 67.2 Å². The van der Waals surface area contributed by atoms with Crippen molar-refractivity contribution in [1.82, 2.24) is 10.3 Å². The molecule has 100 valence electrons. The Morgan fingerprint density at radius 1 is 1.25 bits per heavy atom. The molecule has 0 aliphatic rings. The van der Waals surface area contributed by atoms with E-state index >= 15 is 0 Å². The van der Waals surface area contributed by atoms with Crippen LogP contribution in [0, 0.1) is 0 Å². The van der Waals surface area contributed by atoms with E-state index in [1.807, 2.05) is 30.3 Å². The number of benzene rings is 1. The molecule has 0 unspecified atom stereocenters. The van der Waals surface area contributed by atoms with E-state index in [-0.39, 0.29) is 6.03 Å². The molecular weight excluding hydrogens is 254 g/mol. The van der Waals surface area contributed by atoms with Gasteiger partial charge in [-0.3, -0.25) is 4.98 Å². The second-order valence-corrected chi connectivity index (χ2v) is 4.34. The number of furan rings is 1. The third-order valence-corrected chi connectivity index (χ3v) is 2.96. The molecule has 5 nitrogen and oxygen atoms in total. The summed E-state index contributed by atoms with van der Waals surface area (Å²) in [6, 6.07) is 9.13. The Labute approximate surface area is 115 Å². The van der Waals surface area contributed by atoms with Crippen LogP contribution >= 0.6 is 0 Å². The number of anilines is 1. The maximum atomic E-state index is 11.9. The minimum atomic E-state index is -0.254. The van der Waals surface area contributed by atoms with Crippen molar-refractivity contribution >= 4 is 22.5 Å². The van der Waals surface area contributed by atoms with Crippen molar-refractivity contribution in [2.45, 2.75) is 6.54 Å². The van der Waals surface area contributed by atoms with Crippen LogP contribution < -0.4 is 10.6 Å². The average molecular weight is 267 g/mol. The third kappa shape index (κ3) is 2.61. The van der Waals surface area contributed by atoms with Gasteiger partial charge in [0, 0.05) is 35.3 Å². The Balaban J connectivity index is 1.71. The molecule has 2 N–H and O–H groups in total. The zero-order chi connectivity index (χ0) is 13.8. The van der Waals surface area contributed by atoms with E-state index in [4.69, 9.17) is 4.42 Å². The van der Waals surface area contributed by atoms with Gasteiger partial charge in [0.15, 0.2) is 0 Å². The predicted molar refractivity (Wildman–Crippen MR) is 76.3 cm³/mol. The fourth-order valence-electron chi connectivity index (χ4n) is 1.97. The zero-order valence-electron chi connectivity index (χ0n) is 10.7. The van der Waals surface area contributed by atoms with Crippen molar-refractivity contribution < 1.29 is 9.21 Å². The van der Waals surface area contributed by atoms with E-state index < -0.39 is 0 Å². The van der Waals surface area contributed by atoms with Gasteiger partial charge in [0.1, 0.15) is 0 Å². The van der Waals surface area contributed by atoms with Crippen molar-refractivity contribution in [3.05, 3.63) is 60.8 Å². The number of nitrogens with one attached hydrogen (secondary N) is 2. The summed E-state index contributed by atoms with van der Waals surface area (Å²) in [5.74, 6) is 0. The number of fused-ring (bicyclic) bond motifs is 1. The zero-order valence-corrected chi connectivity index (χ0v) is 10.7. The lowest BCUT2D eigenvalue weighted by Gasteiger charge is -2.09. The summed E-state index contributed by atoms with van der Waals surface area (Å²) in [7, 11) is 0. The molecule has 0 bridgehead atoms. The van der Waals surface area contributed by atoms with Crippen molar-refractivity contribution in [3.8, 4) is 0 Å². The van der Waals surface area contributed by atoms with Gasteiger partial charge in [-0.05, 0) is 18.2 Å². The molecule has 0 saturated heterocycles. The lowest BCUT2D eigenvalue weighted by atomic mass is 10.1. The number of hydrogen-bond donors (Lipinski definition) is 2. The van der Waals surface area contributed by atoms with Crippen LogP contribution in [0.4, 0.5) is 10.5 Å². The van der Waals surface area contributed by atoms with Crippen molar-refractivity contribution in [1.29, 1.82) is 0 Å². The third-order valence-electron chi connectivity index (χ3n) is 2.96. The molecular formula is C15H13N3O2. The summed E-state index contributed by atoms with van der Waals surface area (Å²) in [5.41, 5.74) is 1.68. The lowest BCUT2D eigenvalue weighted by Crippen LogP contribution is -2.28. The first-order valence-electron chi connectivity index (χ1n) is 6.21. The van der Waals surface area contributed by atoms with Crippen LogP contribution in [0.3, 0.4) is 0 Å². The summed E-state index contributed by atoms with van der Waals surface area (Å²) < 4.78 is 4.94. The van der Waals surface area contributed by atoms with Gasteiger partial charge in [0.25, 0.3) is 0 Å². The minimum Gasteiger partial charge on any atom is -0.472 e. The molecule has 0 atom stereocenters. The molecule has 3 aromatic rings. The Kier molecular flexibility index (Phi) is 3.33. The summed E-state index contributed by atoms with van der Waals surface area (Å²) in [6.45, 7) is 0.425. The van der Waals surface area contributed by atoms with E-state index in [1.165, 1.54) is 0 Å². The second-order valence-electron chi connectivity index (χ2n) is 4.34. The number of aromatic nitrogens is 1. The molecule has 0 aliphatic carbocycles. The summed E-state index contributed by atoms with van der Waals surface area (Å²) >= 11 is 0. The van der Waals surface area contributed by atoms with Crippen molar-refractivity contribution in [2.75, 3.05) is 5.32 Å². The standard InChI is InChI=1S/C15H13N3O2/c19-15(17-8-11-5-7-20-10-11)18-14-3-1-2-12-9-16-6-4-13(12)14/h1-7,9-10H,8H2,(H2,17,18,19). The normalized spacial score (nSPS) is 10.4. The van der Waals surface area contributed by atoms with Crippen molar-refractivity contribution in [2.24, 2.45) is 0 Å². The van der Waals surface area contributed by atoms with Crippen LogP contribution in [0.25, 0.3) is 10.8 Å². The number of carbonyl (C=O) groups is 1. The average Bonchev–Trinajstić information content (AvgIpc) is 2.99. The number of hydrogen-bond acceptors (Lipinski definition) is 3. The summed E-state index contributed by atoms with van der Waals surface area (Å²) in [4.78, 5) is 15.9. The molecule has 2 amide bonds. The van der Waals surface area contributed by atoms with Crippen LogP contribution in [0.15, 0.2) is 59.7 Å². The highest BCUT2D eigenvalue weighted by Gasteiger charge is 2.05. The SMILES string of the molecule is O=C(NCc1ccoc1)Nc1cccc2cnccc12. The Hall–Kier alpha value is -2.82. The molecule has 5 heteroatoms. The van der Waals surface area contributed by atoms with Gasteiger partial charge in [-0.15, -0.1) is 0 Å². The minimum absolute atomic E-state index is 0.254.